The average Bonchev–Trinajstić information content (AvgIpc) is 2.86. The third kappa shape index (κ3) is 11.7. The minimum Gasteiger partial charge on any atom is -0.441 e. The van der Waals surface area contributed by atoms with Crippen LogP contribution in [-0.4, -0.2) is 48.9 Å². The smallest absolute Gasteiger partial charge is 0.441 e. The Labute approximate surface area is 230 Å². The Kier molecular flexibility index (Phi) is 11.2. The van der Waals surface area contributed by atoms with Gasteiger partial charge in [-0.25, -0.2) is 9.59 Å². The van der Waals surface area contributed by atoms with E-state index in [9.17, 15) is 19.4 Å². The van der Waals surface area contributed by atoms with Crippen LogP contribution in [0.4, 0.5) is 32.3 Å². The Bertz CT molecular complexity index is 1250. The predicted octanol–water partition coefficient (Wildman–Crippen LogP) is 8.06. The van der Waals surface area contributed by atoms with Crippen molar-refractivity contribution in [2.45, 2.75) is 52.7 Å². The SMILES string of the molecule is CC(C)(C)OC(=O)N=Nc1ccc(N=O)c(/C=N/CC/N=C/c2cc(N=NC(=O)OC(C)(C)C)ccc2N=O)c1. The standard InChI is InChI=1S/C26H30N8O6/c1-25(2,3)39-23(35)31-29-19-7-9-21(33-37)17(13-19)15-27-11-12-28-16-18-14-20(8-10-22(18)34-38)30-32-24(36)40-26(4,5)6/h7-10,13-16H,11-12H2,1-6H3/b27-15+,28-16+,31-29?,32-30?. The first-order chi connectivity index (χ1) is 18.8. The number of azo groups is 2. The maximum Gasteiger partial charge on any atom is 0.452 e. The van der Waals surface area contributed by atoms with E-state index < -0.39 is 23.4 Å². The summed E-state index contributed by atoms with van der Waals surface area (Å²) in [6.07, 6.45) is 1.16. The Morgan fingerprint density at radius 3 is 1.38 bits per heavy atom. The van der Waals surface area contributed by atoms with Crippen molar-refractivity contribution in [3.05, 3.63) is 57.3 Å². The molecule has 2 aromatic rings. The summed E-state index contributed by atoms with van der Waals surface area (Å²) in [7, 11) is 0. The van der Waals surface area contributed by atoms with Gasteiger partial charge in [-0.05, 0) is 88.3 Å². The van der Waals surface area contributed by atoms with E-state index in [-0.39, 0.29) is 24.5 Å². The quantitative estimate of drug-likeness (QED) is 0.131. The van der Waals surface area contributed by atoms with Crippen LogP contribution in [0.2, 0.25) is 0 Å². The maximum atomic E-state index is 11.7. The second-order valence-electron chi connectivity index (χ2n) is 10.1. The van der Waals surface area contributed by atoms with Crippen LogP contribution in [0.15, 0.2) is 77.2 Å². The number of nitrogens with zero attached hydrogens (tertiary/aromatic N) is 8. The molecular weight excluding hydrogens is 520 g/mol. The van der Waals surface area contributed by atoms with Gasteiger partial charge in [-0.15, -0.1) is 20.0 Å². The molecule has 0 heterocycles. The fourth-order valence-corrected chi connectivity index (χ4v) is 2.78. The van der Waals surface area contributed by atoms with Gasteiger partial charge >= 0.3 is 12.2 Å². The molecule has 0 saturated carbocycles. The summed E-state index contributed by atoms with van der Waals surface area (Å²) in [6, 6.07) is 8.81. The van der Waals surface area contributed by atoms with Gasteiger partial charge < -0.3 is 9.47 Å². The zero-order chi connectivity index (χ0) is 29.8. The number of carbonyl (C=O) groups excluding carboxylic acids is 2. The van der Waals surface area contributed by atoms with Crippen LogP contribution in [0, 0.1) is 9.81 Å². The van der Waals surface area contributed by atoms with Crippen molar-refractivity contribution in [3.8, 4) is 0 Å². The minimum absolute atomic E-state index is 0.127. The molecule has 0 aliphatic rings. The van der Waals surface area contributed by atoms with Crippen molar-refractivity contribution in [1.82, 2.24) is 0 Å². The molecule has 14 nitrogen and oxygen atoms in total. The second-order valence-corrected chi connectivity index (χ2v) is 10.1. The Balaban J connectivity index is 2.04. The van der Waals surface area contributed by atoms with Gasteiger partial charge in [-0.2, -0.15) is 0 Å². The third-order valence-electron chi connectivity index (χ3n) is 4.32. The van der Waals surface area contributed by atoms with E-state index in [0.29, 0.717) is 22.5 Å². The van der Waals surface area contributed by atoms with Gasteiger partial charge in [0, 0.05) is 23.6 Å². The van der Waals surface area contributed by atoms with Gasteiger partial charge in [0.1, 0.15) is 22.6 Å². The molecule has 0 aromatic heterocycles. The van der Waals surface area contributed by atoms with E-state index in [1.54, 1.807) is 41.5 Å². The van der Waals surface area contributed by atoms with Crippen LogP contribution in [0.3, 0.4) is 0 Å². The Hall–Kier alpha value is -4.88. The van der Waals surface area contributed by atoms with Crippen molar-refractivity contribution in [2.24, 2.45) is 40.8 Å². The highest BCUT2D eigenvalue weighted by atomic mass is 16.6. The van der Waals surface area contributed by atoms with E-state index in [1.807, 2.05) is 0 Å². The molecule has 0 N–H and O–H groups in total. The van der Waals surface area contributed by atoms with Gasteiger partial charge in [0.15, 0.2) is 0 Å². The molecule has 0 bridgehead atoms. The number of nitroso groups, excluding NO2 is 2. The first-order valence-electron chi connectivity index (χ1n) is 12.0. The molecule has 2 rings (SSSR count). The molecule has 0 fully saturated rings. The van der Waals surface area contributed by atoms with Crippen molar-refractivity contribution >= 4 is 47.4 Å². The van der Waals surface area contributed by atoms with Crippen LogP contribution in [0.5, 0.6) is 0 Å². The maximum absolute atomic E-state index is 11.7. The molecule has 0 unspecified atom stereocenters. The Morgan fingerprint density at radius 2 is 1.05 bits per heavy atom. The van der Waals surface area contributed by atoms with E-state index >= 15 is 0 Å². The number of amides is 2. The zero-order valence-electron chi connectivity index (χ0n) is 23.1. The van der Waals surface area contributed by atoms with Crippen molar-refractivity contribution in [2.75, 3.05) is 13.1 Å². The number of carbonyl (C=O) groups is 2. The van der Waals surface area contributed by atoms with Crippen LogP contribution < -0.4 is 0 Å². The van der Waals surface area contributed by atoms with Crippen LogP contribution in [0.25, 0.3) is 0 Å². The largest absolute Gasteiger partial charge is 0.452 e. The molecule has 0 atom stereocenters. The Morgan fingerprint density at radius 1 is 0.675 bits per heavy atom. The number of rotatable bonds is 9. The zero-order valence-corrected chi connectivity index (χ0v) is 23.1. The van der Waals surface area contributed by atoms with Gasteiger partial charge in [0.25, 0.3) is 0 Å². The summed E-state index contributed by atoms with van der Waals surface area (Å²) < 4.78 is 10.1. The summed E-state index contributed by atoms with van der Waals surface area (Å²) in [5, 5.41) is 20.6. The lowest BCUT2D eigenvalue weighted by atomic mass is 10.2. The van der Waals surface area contributed by atoms with Crippen LogP contribution in [0.1, 0.15) is 52.7 Å². The lowest BCUT2D eigenvalue weighted by Crippen LogP contribution is -2.21. The summed E-state index contributed by atoms with van der Waals surface area (Å²) in [6.45, 7) is 10.7. The molecule has 210 valence electrons. The van der Waals surface area contributed by atoms with E-state index in [1.165, 1.54) is 48.8 Å². The molecule has 0 saturated heterocycles. The van der Waals surface area contributed by atoms with Crippen LogP contribution in [-0.2, 0) is 9.47 Å². The first kappa shape index (κ1) is 31.3. The number of hydrogen-bond donors (Lipinski definition) is 0. The molecule has 14 heteroatoms. The summed E-state index contributed by atoms with van der Waals surface area (Å²) in [4.78, 5) is 54.2. The summed E-state index contributed by atoms with van der Waals surface area (Å²) >= 11 is 0. The van der Waals surface area contributed by atoms with Crippen LogP contribution >= 0.6 is 0 Å². The molecule has 2 aromatic carbocycles. The van der Waals surface area contributed by atoms with Crippen molar-refractivity contribution < 1.29 is 19.1 Å². The molecular formula is C26H30N8O6. The summed E-state index contributed by atoms with van der Waals surface area (Å²) in [5.74, 6) is 0. The van der Waals surface area contributed by atoms with Gasteiger partial charge in [-0.1, -0.05) is 10.2 Å². The highest BCUT2D eigenvalue weighted by molar-refractivity contribution is 5.89. The molecule has 0 spiro atoms. The lowest BCUT2D eigenvalue weighted by molar-refractivity contribution is 0.0580. The number of hydrogen-bond acceptors (Lipinski definition) is 12. The predicted molar refractivity (Wildman–Crippen MR) is 150 cm³/mol. The molecule has 40 heavy (non-hydrogen) atoms. The van der Waals surface area contributed by atoms with Gasteiger partial charge in [0.2, 0.25) is 0 Å². The minimum atomic E-state index is -0.845. The van der Waals surface area contributed by atoms with E-state index in [4.69, 9.17) is 9.47 Å². The van der Waals surface area contributed by atoms with Gasteiger partial charge in [0.05, 0.1) is 24.5 Å². The van der Waals surface area contributed by atoms with Gasteiger partial charge in [-0.3, -0.25) is 9.98 Å². The molecule has 0 aliphatic heterocycles. The van der Waals surface area contributed by atoms with E-state index in [0.717, 1.165) is 0 Å². The monoisotopic (exact) mass is 550 g/mol. The molecule has 0 aliphatic carbocycles. The topological polar surface area (TPSA) is 186 Å². The lowest BCUT2D eigenvalue weighted by Gasteiger charge is -2.16. The highest BCUT2D eigenvalue weighted by Gasteiger charge is 2.16. The highest BCUT2D eigenvalue weighted by Crippen LogP contribution is 2.25. The van der Waals surface area contributed by atoms with E-state index in [2.05, 4.69) is 40.8 Å². The van der Waals surface area contributed by atoms with Crippen molar-refractivity contribution in [3.63, 3.8) is 0 Å². The normalized spacial score (nSPS) is 12.4. The fourth-order valence-electron chi connectivity index (χ4n) is 2.78. The number of ether oxygens (including phenoxy) is 2. The molecule has 2 amide bonds. The fraction of sp³-hybridized carbons (Fsp3) is 0.385. The number of benzene rings is 2. The average molecular weight is 551 g/mol. The van der Waals surface area contributed by atoms with Crippen molar-refractivity contribution in [1.29, 1.82) is 0 Å². The second kappa shape index (κ2) is 14.3. The molecule has 0 radical (unpaired) electrons. The first-order valence-corrected chi connectivity index (χ1v) is 12.0. The summed E-state index contributed by atoms with van der Waals surface area (Å²) in [5.41, 5.74) is 0.187. The third-order valence-corrected chi connectivity index (χ3v) is 4.32. The number of aliphatic imine (C=N–C) groups is 2.